The van der Waals surface area contributed by atoms with Gasteiger partial charge in [0.1, 0.15) is 0 Å². The third-order valence-electron chi connectivity index (χ3n) is 4.51. The molecule has 4 rings (SSSR count). The van der Waals surface area contributed by atoms with Gasteiger partial charge >= 0.3 is 89.0 Å². The molecule has 0 aliphatic heterocycles. The summed E-state index contributed by atoms with van der Waals surface area (Å²) in [7, 11) is 0. The summed E-state index contributed by atoms with van der Waals surface area (Å²) in [6, 6.07) is 20.8. The van der Waals surface area contributed by atoms with Crippen LogP contribution >= 0.6 is 0 Å². The van der Waals surface area contributed by atoms with Gasteiger partial charge in [-0.15, -0.1) is 0 Å². The molecule has 0 N–H and O–H groups in total. The molecule has 0 atom stereocenters. The number of rotatable bonds is 3. The Morgan fingerprint density at radius 1 is 0.600 bits per heavy atom. The molecule has 0 radical (unpaired) electrons. The third kappa shape index (κ3) is 5.04. The molecule has 2 aromatic rings. The van der Waals surface area contributed by atoms with Crippen molar-refractivity contribution in [3.8, 4) is 11.1 Å². The molecule has 1 heteroatoms. The number of allylic oxidation sites excluding steroid dienone is 8. The van der Waals surface area contributed by atoms with Crippen LogP contribution in [0.5, 0.6) is 0 Å². The van der Waals surface area contributed by atoms with Crippen molar-refractivity contribution in [3.63, 3.8) is 0 Å². The van der Waals surface area contributed by atoms with Crippen molar-refractivity contribution in [2.45, 2.75) is 26.7 Å². The second kappa shape index (κ2) is 8.99. The average Bonchev–Trinajstić information content (AvgIpc) is 3.26. The van der Waals surface area contributed by atoms with E-state index in [4.69, 9.17) is 0 Å². The van der Waals surface area contributed by atoms with Crippen LogP contribution in [0.1, 0.15) is 26.7 Å². The zero-order valence-electron chi connectivity index (χ0n) is 15.0. The normalized spacial score (nSPS) is 15.4. The second-order valence-corrected chi connectivity index (χ2v) is 8.67. The Bertz CT molecular complexity index is 749. The van der Waals surface area contributed by atoms with Crippen molar-refractivity contribution in [3.05, 3.63) is 104 Å². The van der Waals surface area contributed by atoms with Gasteiger partial charge in [0.15, 0.2) is 0 Å². The maximum absolute atomic E-state index is 2.30. The summed E-state index contributed by atoms with van der Waals surface area (Å²) in [4.78, 5) is 0. The molecule has 124 valence electrons. The minimum atomic E-state index is 0.0324. The molecular formula is C24H24Ti. The Morgan fingerprint density at radius 2 is 1.00 bits per heavy atom. The fourth-order valence-electron chi connectivity index (χ4n) is 2.97. The monoisotopic (exact) mass is 360 g/mol. The molecular weight excluding hydrogens is 336 g/mol. The maximum atomic E-state index is 2.30. The van der Waals surface area contributed by atoms with Crippen molar-refractivity contribution in [2.75, 3.05) is 0 Å². The molecule has 2 aliphatic carbocycles. The van der Waals surface area contributed by atoms with Crippen LogP contribution in [0.4, 0.5) is 0 Å². The summed E-state index contributed by atoms with van der Waals surface area (Å²) in [6.07, 6.45) is 11.6. The van der Waals surface area contributed by atoms with Crippen LogP contribution in [0.25, 0.3) is 11.1 Å². The Morgan fingerprint density at radius 3 is 1.32 bits per heavy atom. The van der Waals surface area contributed by atoms with Gasteiger partial charge in [0.25, 0.3) is 0 Å². The summed E-state index contributed by atoms with van der Waals surface area (Å²) in [5.74, 6) is 0. The zero-order chi connectivity index (χ0) is 17.5. The topological polar surface area (TPSA) is 0 Å². The first kappa shape index (κ1) is 17.9. The van der Waals surface area contributed by atoms with Crippen LogP contribution in [0.2, 0.25) is 0 Å². The van der Waals surface area contributed by atoms with Gasteiger partial charge < -0.3 is 0 Å². The SMILES string of the molecule is CC1=[C]([Ti][C]2=C(C)C=CC2)CC=C1.c1ccc(-c2ccccc2)cc1. The number of hydrogen-bond acceptors (Lipinski definition) is 0. The zero-order valence-corrected chi connectivity index (χ0v) is 16.6. The van der Waals surface area contributed by atoms with Gasteiger partial charge in [-0.25, -0.2) is 0 Å². The quantitative estimate of drug-likeness (QED) is 0.523. The van der Waals surface area contributed by atoms with E-state index in [-0.39, 0.29) is 19.2 Å². The first-order valence-corrected chi connectivity index (χ1v) is 10.4. The van der Waals surface area contributed by atoms with Crippen molar-refractivity contribution < 1.29 is 19.2 Å². The maximum Gasteiger partial charge on any atom is -0.0184 e. The standard InChI is InChI=1S/C12H10.2C6H7.Ti/c1-3-7-11(8-4-1)12-9-5-2-6-10-12;2*1-6-4-2-3-5-6;/h1-10H;2*2,4H,3H2,1H3;. The molecule has 25 heavy (non-hydrogen) atoms. The Kier molecular flexibility index (Phi) is 6.45. The molecule has 0 aromatic heterocycles. The summed E-state index contributed by atoms with van der Waals surface area (Å²) in [5.41, 5.74) is 5.62. The van der Waals surface area contributed by atoms with Gasteiger partial charge in [0.05, 0.1) is 0 Å². The molecule has 0 spiro atoms. The van der Waals surface area contributed by atoms with Gasteiger partial charge in [-0.1, -0.05) is 60.7 Å². The fourth-order valence-corrected chi connectivity index (χ4v) is 5.10. The molecule has 2 aliphatic rings. The van der Waals surface area contributed by atoms with Crippen LogP contribution in [-0.2, 0) is 19.2 Å². The minimum Gasteiger partial charge on any atom is -0.0622 e. The molecule has 0 nitrogen and oxygen atoms in total. The molecule has 0 unspecified atom stereocenters. The third-order valence-corrected chi connectivity index (χ3v) is 7.33. The minimum absolute atomic E-state index is 0.0324. The average molecular weight is 360 g/mol. The Hall–Kier alpha value is -1.89. The van der Waals surface area contributed by atoms with Crippen LogP contribution in [0, 0.1) is 0 Å². The predicted molar refractivity (Wildman–Crippen MR) is 105 cm³/mol. The van der Waals surface area contributed by atoms with E-state index in [0.29, 0.717) is 0 Å². The smallest absolute Gasteiger partial charge is 0.0184 e. The van der Waals surface area contributed by atoms with Crippen LogP contribution in [0.15, 0.2) is 104 Å². The van der Waals surface area contributed by atoms with E-state index in [1.165, 1.54) is 35.1 Å². The van der Waals surface area contributed by atoms with E-state index in [2.05, 4.69) is 86.7 Å². The van der Waals surface area contributed by atoms with Gasteiger partial charge in [-0.3, -0.25) is 0 Å². The van der Waals surface area contributed by atoms with Gasteiger partial charge in [0, 0.05) is 0 Å². The van der Waals surface area contributed by atoms with Crippen molar-refractivity contribution in [1.29, 1.82) is 0 Å². The molecule has 0 bridgehead atoms. The van der Waals surface area contributed by atoms with Crippen molar-refractivity contribution in [2.24, 2.45) is 0 Å². The van der Waals surface area contributed by atoms with E-state index in [1.54, 1.807) is 7.76 Å². The van der Waals surface area contributed by atoms with Crippen LogP contribution < -0.4 is 0 Å². The van der Waals surface area contributed by atoms with Crippen LogP contribution in [-0.4, -0.2) is 0 Å². The summed E-state index contributed by atoms with van der Waals surface area (Å²) in [5, 5.41) is 0. The van der Waals surface area contributed by atoms with Gasteiger partial charge in [-0.05, 0) is 11.1 Å². The fraction of sp³-hybridized carbons (Fsp3) is 0.167. The van der Waals surface area contributed by atoms with E-state index in [0.717, 1.165) is 0 Å². The first-order chi connectivity index (χ1) is 12.2. The molecule has 0 saturated heterocycles. The largest absolute Gasteiger partial charge is 0.0622 e. The van der Waals surface area contributed by atoms with Crippen molar-refractivity contribution in [1.82, 2.24) is 0 Å². The second-order valence-electron chi connectivity index (χ2n) is 6.39. The predicted octanol–water partition coefficient (Wildman–Crippen LogP) is 6.89. The molecule has 0 heterocycles. The van der Waals surface area contributed by atoms with Gasteiger partial charge in [-0.2, -0.15) is 0 Å². The Balaban J connectivity index is 0.000000146. The van der Waals surface area contributed by atoms with E-state index in [1.807, 2.05) is 12.1 Å². The molecule has 0 fully saturated rings. The van der Waals surface area contributed by atoms with E-state index in [9.17, 15) is 0 Å². The summed E-state index contributed by atoms with van der Waals surface area (Å²) >= 11 is 0.0324. The van der Waals surface area contributed by atoms with Crippen LogP contribution in [0.3, 0.4) is 0 Å². The number of benzene rings is 2. The van der Waals surface area contributed by atoms with Crippen molar-refractivity contribution >= 4 is 0 Å². The molecule has 2 aromatic carbocycles. The summed E-state index contributed by atoms with van der Waals surface area (Å²) in [6.45, 7) is 4.50. The van der Waals surface area contributed by atoms with E-state index >= 15 is 0 Å². The van der Waals surface area contributed by atoms with Gasteiger partial charge in [0.2, 0.25) is 0 Å². The first-order valence-electron chi connectivity index (χ1n) is 8.84. The molecule has 0 saturated carbocycles. The number of hydrogen-bond donors (Lipinski definition) is 0. The van der Waals surface area contributed by atoms with E-state index < -0.39 is 0 Å². The molecule has 0 amide bonds. The Labute approximate surface area is 160 Å². The summed E-state index contributed by atoms with van der Waals surface area (Å²) < 4.78 is 3.47.